The van der Waals surface area contributed by atoms with Gasteiger partial charge in [-0.2, -0.15) is 0 Å². The summed E-state index contributed by atoms with van der Waals surface area (Å²) < 4.78 is 5.48. The van der Waals surface area contributed by atoms with Crippen LogP contribution in [0, 0.1) is 0 Å². The van der Waals surface area contributed by atoms with Gasteiger partial charge < -0.3 is 9.64 Å². The molecule has 3 aromatic rings. The average Bonchev–Trinajstić information content (AvgIpc) is 3.28. The lowest BCUT2D eigenvalue weighted by Crippen LogP contribution is -2.30. The van der Waals surface area contributed by atoms with Crippen molar-refractivity contribution in [1.29, 1.82) is 0 Å². The van der Waals surface area contributed by atoms with Crippen LogP contribution in [0.2, 0.25) is 0 Å². The fourth-order valence-electron chi connectivity index (χ4n) is 4.23. The van der Waals surface area contributed by atoms with Crippen molar-refractivity contribution in [2.75, 3.05) is 20.2 Å². The van der Waals surface area contributed by atoms with Gasteiger partial charge in [-0.15, -0.1) is 0 Å². The second-order valence-electron chi connectivity index (χ2n) is 7.48. The Morgan fingerprint density at radius 2 is 1.69 bits per heavy atom. The van der Waals surface area contributed by atoms with Gasteiger partial charge in [0.05, 0.1) is 19.4 Å². The lowest BCUT2D eigenvalue weighted by Gasteiger charge is -2.29. The molecule has 0 unspecified atom stereocenters. The largest absolute Gasteiger partial charge is 0.496 e. The average molecular weight is 380 g/mol. The number of aryl methyl sites for hydroxylation is 2. The molecule has 0 saturated heterocycles. The zero-order valence-corrected chi connectivity index (χ0v) is 16.6. The molecule has 29 heavy (non-hydrogen) atoms. The number of nitrogens with zero attached hydrogens (tertiary/aromatic N) is 2. The van der Waals surface area contributed by atoms with Gasteiger partial charge in [0, 0.05) is 12.1 Å². The van der Waals surface area contributed by atoms with E-state index in [9.17, 15) is 0 Å². The number of para-hydroxylation sites is 1. The van der Waals surface area contributed by atoms with Crippen molar-refractivity contribution in [2.45, 2.75) is 12.8 Å². The van der Waals surface area contributed by atoms with Gasteiger partial charge in [0.15, 0.2) is 0 Å². The number of amidine groups is 1. The number of hydrogen-bond acceptors (Lipinski definition) is 3. The summed E-state index contributed by atoms with van der Waals surface area (Å²) in [5.74, 6) is 2.08. The van der Waals surface area contributed by atoms with E-state index in [0.29, 0.717) is 0 Å². The first-order valence-corrected chi connectivity index (χ1v) is 10.2. The van der Waals surface area contributed by atoms with Gasteiger partial charge in [-0.05, 0) is 47.2 Å². The minimum absolute atomic E-state index is 0.859. The number of hydrogen-bond donors (Lipinski definition) is 0. The molecule has 0 N–H and O–H groups in total. The molecule has 2 heterocycles. The quantitative estimate of drug-likeness (QED) is 0.618. The Balaban J connectivity index is 1.38. The summed E-state index contributed by atoms with van der Waals surface area (Å²) >= 11 is 0. The molecule has 0 atom stereocenters. The van der Waals surface area contributed by atoms with Crippen LogP contribution in [0.25, 0.3) is 11.8 Å². The molecule has 3 nitrogen and oxygen atoms in total. The van der Waals surface area contributed by atoms with Gasteiger partial charge >= 0.3 is 0 Å². The molecule has 3 aromatic carbocycles. The molecule has 0 spiro atoms. The van der Waals surface area contributed by atoms with Crippen molar-refractivity contribution in [3.8, 4) is 5.75 Å². The Labute approximate surface area is 172 Å². The topological polar surface area (TPSA) is 24.8 Å². The number of fused-ring (bicyclic) bond motifs is 3. The van der Waals surface area contributed by atoms with Crippen molar-refractivity contribution < 1.29 is 4.74 Å². The first-order valence-electron chi connectivity index (χ1n) is 10.2. The molecule has 2 aliphatic rings. The maximum Gasteiger partial charge on any atom is 0.136 e. The standard InChI is InChI=1S/C26H24N2O/c1-29-25-9-5-3-6-21(25)15-12-19-10-13-20(14-11-19)24-18-22-7-2-4-8-23(22)26-27-16-17-28(24)26/h2-11,13-14,18H,12,15-17H2,1H3. The second-order valence-corrected chi connectivity index (χ2v) is 7.48. The maximum atomic E-state index is 5.48. The minimum Gasteiger partial charge on any atom is -0.496 e. The van der Waals surface area contributed by atoms with Gasteiger partial charge in [-0.1, -0.05) is 66.7 Å². The van der Waals surface area contributed by atoms with E-state index in [-0.39, 0.29) is 0 Å². The first-order chi connectivity index (χ1) is 14.3. The summed E-state index contributed by atoms with van der Waals surface area (Å²) in [6.45, 7) is 1.81. The zero-order valence-electron chi connectivity index (χ0n) is 16.6. The summed E-state index contributed by atoms with van der Waals surface area (Å²) in [6.07, 6.45) is 4.27. The summed E-state index contributed by atoms with van der Waals surface area (Å²) in [7, 11) is 1.74. The Hall–Kier alpha value is -3.33. The normalized spacial score (nSPS) is 14.7. The van der Waals surface area contributed by atoms with Crippen molar-refractivity contribution in [3.05, 3.63) is 101 Å². The van der Waals surface area contributed by atoms with Crippen molar-refractivity contribution in [1.82, 2.24) is 4.90 Å². The van der Waals surface area contributed by atoms with Crippen LogP contribution in [0.1, 0.15) is 27.8 Å². The second kappa shape index (κ2) is 7.59. The van der Waals surface area contributed by atoms with Crippen LogP contribution >= 0.6 is 0 Å². The van der Waals surface area contributed by atoms with Crippen LogP contribution in [0.4, 0.5) is 0 Å². The Bertz CT molecular complexity index is 1100. The highest BCUT2D eigenvalue weighted by Crippen LogP contribution is 2.33. The number of aliphatic imine (C=N–C) groups is 1. The molecule has 0 amide bonds. The Kier molecular flexibility index (Phi) is 4.65. The van der Waals surface area contributed by atoms with Crippen LogP contribution in [0.15, 0.2) is 77.8 Å². The highest BCUT2D eigenvalue weighted by atomic mass is 16.5. The fraction of sp³-hybridized carbons (Fsp3) is 0.192. The lowest BCUT2D eigenvalue weighted by molar-refractivity contribution is 0.409. The van der Waals surface area contributed by atoms with Crippen LogP contribution in [-0.2, 0) is 12.8 Å². The van der Waals surface area contributed by atoms with E-state index in [1.54, 1.807) is 7.11 Å². The van der Waals surface area contributed by atoms with Crippen LogP contribution in [-0.4, -0.2) is 30.9 Å². The number of ether oxygens (including phenoxy) is 1. The van der Waals surface area contributed by atoms with Gasteiger partial charge in [0.1, 0.15) is 11.6 Å². The fourth-order valence-corrected chi connectivity index (χ4v) is 4.23. The molecule has 0 fully saturated rings. The highest BCUT2D eigenvalue weighted by Gasteiger charge is 2.28. The SMILES string of the molecule is COc1ccccc1CCc1ccc(C2=Cc3ccccc3C3=NCCN23)cc1. The smallest absolute Gasteiger partial charge is 0.136 e. The van der Waals surface area contributed by atoms with E-state index in [1.165, 1.54) is 33.5 Å². The highest BCUT2D eigenvalue weighted by molar-refractivity contribution is 6.12. The predicted octanol–water partition coefficient (Wildman–Crippen LogP) is 5.05. The third kappa shape index (κ3) is 3.33. The van der Waals surface area contributed by atoms with Gasteiger partial charge in [-0.3, -0.25) is 4.99 Å². The molecule has 0 radical (unpaired) electrons. The summed E-state index contributed by atoms with van der Waals surface area (Å²) in [6, 6.07) is 25.8. The molecular formula is C26H24N2O. The van der Waals surface area contributed by atoms with Gasteiger partial charge in [0.25, 0.3) is 0 Å². The summed E-state index contributed by atoms with van der Waals surface area (Å²) in [4.78, 5) is 7.11. The number of rotatable bonds is 5. The Morgan fingerprint density at radius 3 is 2.55 bits per heavy atom. The van der Waals surface area contributed by atoms with Gasteiger partial charge in [0.2, 0.25) is 0 Å². The van der Waals surface area contributed by atoms with E-state index in [1.807, 2.05) is 12.1 Å². The molecule has 0 bridgehead atoms. The van der Waals surface area contributed by atoms with Crippen LogP contribution in [0.5, 0.6) is 5.75 Å². The molecular weight excluding hydrogens is 356 g/mol. The van der Waals surface area contributed by atoms with Crippen LogP contribution < -0.4 is 4.74 Å². The zero-order chi connectivity index (χ0) is 19.6. The van der Waals surface area contributed by atoms with Crippen molar-refractivity contribution >= 4 is 17.6 Å². The minimum atomic E-state index is 0.859. The molecule has 0 saturated carbocycles. The molecule has 3 heteroatoms. The van der Waals surface area contributed by atoms with E-state index in [4.69, 9.17) is 9.73 Å². The van der Waals surface area contributed by atoms with E-state index < -0.39 is 0 Å². The molecule has 0 aliphatic carbocycles. The molecule has 144 valence electrons. The Morgan fingerprint density at radius 1 is 0.897 bits per heavy atom. The maximum absolute atomic E-state index is 5.48. The van der Waals surface area contributed by atoms with Crippen molar-refractivity contribution in [2.24, 2.45) is 4.99 Å². The monoisotopic (exact) mass is 380 g/mol. The van der Waals surface area contributed by atoms with E-state index >= 15 is 0 Å². The summed E-state index contributed by atoms with van der Waals surface area (Å²) in [5, 5.41) is 0. The number of methoxy groups -OCH3 is 1. The predicted molar refractivity (Wildman–Crippen MR) is 119 cm³/mol. The number of benzene rings is 3. The van der Waals surface area contributed by atoms with E-state index in [0.717, 1.165) is 37.5 Å². The third-order valence-electron chi connectivity index (χ3n) is 5.75. The molecule has 2 aliphatic heterocycles. The molecule has 0 aromatic heterocycles. The van der Waals surface area contributed by atoms with E-state index in [2.05, 4.69) is 71.6 Å². The third-order valence-corrected chi connectivity index (χ3v) is 5.75. The molecule has 5 rings (SSSR count). The summed E-state index contributed by atoms with van der Waals surface area (Å²) in [5.41, 5.74) is 7.57. The lowest BCUT2D eigenvalue weighted by atomic mass is 9.96. The first kappa shape index (κ1) is 17.7. The van der Waals surface area contributed by atoms with Crippen molar-refractivity contribution in [3.63, 3.8) is 0 Å². The van der Waals surface area contributed by atoms with Crippen LogP contribution in [0.3, 0.4) is 0 Å². The van der Waals surface area contributed by atoms with Gasteiger partial charge in [-0.25, -0.2) is 0 Å².